The van der Waals surface area contributed by atoms with Gasteiger partial charge in [-0.2, -0.15) is 0 Å². The van der Waals surface area contributed by atoms with Gasteiger partial charge in [0.25, 0.3) is 0 Å². The molecule has 0 amide bonds. The molecule has 0 saturated heterocycles. The summed E-state index contributed by atoms with van der Waals surface area (Å²) in [7, 11) is 0. The average Bonchev–Trinajstić information content (AvgIpc) is 2.74. The summed E-state index contributed by atoms with van der Waals surface area (Å²) in [5.74, 6) is -0.412. The third kappa shape index (κ3) is 2.66. The molecule has 0 saturated carbocycles. The molecule has 0 atom stereocenters. The van der Waals surface area contributed by atoms with Crippen LogP contribution in [0, 0.1) is 5.82 Å². The lowest BCUT2D eigenvalue weighted by Crippen LogP contribution is -1.92. The number of aromatic nitrogens is 1. The maximum atomic E-state index is 13.7. The van der Waals surface area contributed by atoms with E-state index in [1.165, 1.54) is 17.4 Å². The molecule has 1 N–H and O–H groups in total. The second kappa shape index (κ2) is 4.96. The van der Waals surface area contributed by atoms with E-state index in [0.717, 1.165) is 10.2 Å². The zero-order valence-electron chi connectivity index (χ0n) is 9.45. The van der Waals surface area contributed by atoms with Gasteiger partial charge in [-0.1, -0.05) is 34.5 Å². The molecule has 0 unspecified atom stereocenters. The fourth-order valence-electron chi connectivity index (χ4n) is 1.66. The SMILES string of the molecule is Fc1cc(Cl)ccc1Nc1nc2ccc(Cl)cc2s1. The van der Waals surface area contributed by atoms with Crippen LogP contribution in [0.4, 0.5) is 15.2 Å². The van der Waals surface area contributed by atoms with Crippen LogP contribution in [0.25, 0.3) is 10.2 Å². The minimum atomic E-state index is -0.412. The highest BCUT2D eigenvalue weighted by Crippen LogP contribution is 2.31. The first-order chi connectivity index (χ1) is 9.11. The van der Waals surface area contributed by atoms with Crippen LogP contribution < -0.4 is 5.32 Å². The Balaban J connectivity index is 1.96. The zero-order chi connectivity index (χ0) is 13.4. The van der Waals surface area contributed by atoms with Gasteiger partial charge in [0.2, 0.25) is 0 Å². The lowest BCUT2D eigenvalue weighted by molar-refractivity contribution is 0.632. The van der Waals surface area contributed by atoms with Crippen LogP contribution in [0.1, 0.15) is 0 Å². The van der Waals surface area contributed by atoms with Crippen molar-refractivity contribution in [2.45, 2.75) is 0 Å². The molecule has 0 spiro atoms. The molecule has 1 heterocycles. The predicted octanol–water partition coefficient (Wildman–Crippen LogP) is 5.49. The summed E-state index contributed by atoms with van der Waals surface area (Å²) in [6, 6.07) is 9.90. The third-order valence-corrected chi connectivity index (χ3v) is 3.93. The molecule has 0 bridgehead atoms. The molecule has 0 aliphatic heterocycles. The van der Waals surface area contributed by atoms with E-state index >= 15 is 0 Å². The van der Waals surface area contributed by atoms with E-state index in [1.807, 2.05) is 12.1 Å². The number of thiazole rings is 1. The number of nitrogens with zero attached hydrogens (tertiary/aromatic N) is 1. The molecule has 0 aliphatic rings. The molecule has 1 aromatic heterocycles. The Morgan fingerprint density at radius 3 is 2.58 bits per heavy atom. The Hall–Kier alpha value is -1.36. The summed E-state index contributed by atoms with van der Waals surface area (Å²) in [6.45, 7) is 0. The van der Waals surface area contributed by atoms with E-state index in [-0.39, 0.29) is 0 Å². The maximum absolute atomic E-state index is 13.7. The maximum Gasteiger partial charge on any atom is 0.188 e. The van der Waals surface area contributed by atoms with Crippen LogP contribution in [-0.2, 0) is 0 Å². The topological polar surface area (TPSA) is 24.9 Å². The van der Waals surface area contributed by atoms with Crippen molar-refractivity contribution >= 4 is 55.6 Å². The summed E-state index contributed by atoms with van der Waals surface area (Å²) in [4.78, 5) is 4.36. The Labute approximate surface area is 122 Å². The van der Waals surface area contributed by atoms with Crippen molar-refractivity contribution in [3.63, 3.8) is 0 Å². The van der Waals surface area contributed by atoms with Crippen LogP contribution in [0.15, 0.2) is 36.4 Å². The fraction of sp³-hybridized carbons (Fsp3) is 0. The van der Waals surface area contributed by atoms with Crippen molar-refractivity contribution in [2.75, 3.05) is 5.32 Å². The summed E-state index contributed by atoms with van der Waals surface area (Å²) in [6.07, 6.45) is 0. The van der Waals surface area contributed by atoms with E-state index in [1.54, 1.807) is 18.2 Å². The molecule has 2 nitrogen and oxygen atoms in total. The van der Waals surface area contributed by atoms with E-state index < -0.39 is 5.82 Å². The molecular formula is C13H7Cl2FN2S. The minimum absolute atomic E-state index is 0.342. The number of hydrogen-bond acceptors (Lipinski definition) is 3. The van der Waals surface area contributed by atoms with Crippen molar-refractivity contribution in [1.82, 2.24) is 4.98 Å². The molecular weight excluding hydrogens is 306 g/mol. The largest absolute Gasteiger partial charge is 0.329 e. The normalized spacial score (nSPS) is 10.9. The van der Waals surface area contributed by atoms with Gasteiger partial charge in [0.15, 0.2) is 5.13 Å². The van der Waals surface area contributed by atoms with Gasteiger partial charge >= 0.3 is 0 Å². The third-order valence-electron chi connectivity index (χ3n) is 2.52. The monoisotopic (exact) mass is 312 g/mol. The van der Waals surface area contributed by atoms with Crippen LogP contribution in [0.3, 0.4) is 0 Å². The van der Waals surface area contributed by atoms with Crippen molar-refractivity contribution in [3.05, 3.63) is 52.3 Å². The lowest BCUT2D eigenvalue weighted by Gasteiger charge is -2.03. The van der Waals surface area contributed by atoms with Crippen LogP contribution in [0.5, 0.6) is 0 Å². The molecule has 0 aliphatic carbocycles. The number of benzene rings is 2. The van der Waals surface area contributed by atoms with Crippen molar-refractivity contribution in [2.24, 2.45) is 0 Å². The van der Waals surface area contributed by atoms with Gasteiger partial charge in [-0.3, -0.25) is 0 Å². The zero-order valence-corrected chi connectivity index (χ0v) is 11.8. The number of rotatable bonds is 2. The van der Waals surface area contributed by atoms with Gasteiger partial charge in [0, 0.05) is 10.0 Å². The molecule has 96 valence electrons. The van der Waals surface area contributed by atoms with Gasteiger partial charge < -0.3 is 5.32 Å². The highest BCUT2D eigenvalue weighted by atomic mass is 35.5. The summed E-state index contributed by atoms with van der Waals surface area (Å²) in [5.41, 5.74) is 1.17. The van der Waals surface area contributed by atoms with E-state index in [0.29, 0.717) is 20.9 Å². The highest BCUT2D eigenvalue weighted by molar-refractivity contribution is 7.22. The first-order valence-corrected chi connectivity index (χ1v) is 6.97. The quantitative estimate of drug-likeness (QED) is 0.677. The first-order valence-electron chi connectivity index (χ1n) is 5.40. The van der Waals surface area contributed by atoms with Crippen molar-refractivity contribution < 1.29 is 4.39 Å². The summed E-state index contributed by atoms with van der Waals surface area (Å²) >= 11 is 13.0. The molecule has 19 heavy (non-hydrogen) atoms. The standard InChI is InChI=1S/C13H7Cl2FN2S/c14-7-1-3-10(9(16)5-7)17-13-18-11-4-2-8(15)6-12(11)19-13/h1-6H,(H,17,18). The lowest BCUT2D eigenvalue weighted by atomic mass is 10.3. The second-order valence-corrected chi connectivity index (χ2v) is 5.78. The van der Waals surface area contributed by atoms with Gasteiger partial charge in [0.05, 0.1) is 15.9 Å². The van der Waals surface area contributed by atoms with Crippen molar-refractivity contribution in [3.8, 4) is 0 Å². The first kappa shape index (κ1) is 12.7. The predicted molar refractivity (Wildman–Crippen MR) is 79.3 cm³/mol. The van der Waals surface area contributed by atoms with Crippen LogP contribution >= 0.6 is 34.5 Å². The van der Waals surface area contributed by atoms with Gasteiger partial charge in [-0.25, -0.2) is 9.37 Å². The molecule has 2 aromatic carbocycles. The summed E-state index contributed by atoms with van der Waals surface area (Å²) in [5, 5.41) is 4.56. The van der Waals surface area contributed by atoms with E-state index in [4.69, 9.17) is 23.2 Å². The summed E-state index contributed by atoms with van der Waals surface area (Å²) < 4.78 is 14.6. The number of halogens is 3. The highest BCUT2D eigenvalue weighted by Gasteiger charge is 2.08. The van der Waals surface area contributed by atoms with Crippen LogP contribution in [-0.4, -0.2) is 4.98 Å². The smallest absolute Gasteiger partial charge is 0.188 e. The molecule has 0 radical (unpaired) electrons. The number of anilines is 2. The second-order valence-electron chi connectivity index (χ2n) is 3.88. The van der Waals surface area contributed by atoms with Gasteiger partial charge in [0.1, 0.15) is 5.82 Å². The molecule has 0 fully saturated rings. The van der Waals surface area contributed by atoms with Gasteiger partial charge in [-0.05, 0) is 36.4 Å². The molecule has 3 rings (SSSR count). The van der Waals surface area contributed by atoms with E-state index in [2.05, 4.69) is 10.3 Å². The average molecular weight is 313 g/mol. The Morgan fingerprint density at radius 2 is 1.79 bits per heavy atom. The Kier molecular flexibility index (Phi) is 3.31. The minimum Gasteiger partial charge on any atom is -0.329 e. The molecule has 6 heteroatoms. The number of hydrogen-bond donors (Lipinski definition) is 1. The van der Waals surface area contributed by atoms with Crippen molar-refractivity contribution in [1.29, 1.82) is 0 Å². The Bertz CT molecular complexity index is 757. The number of nitrogens with one attached hydrogen (secondary N) is 1. The number of fused-ring (bicyclic) bond motifs is 1. The Morgan fingerprint density at radius 1 is 1.05 bits per heavy atom. The van der Waals surface area contributed by atoms with E-state index in [9.17, 15) is 4.39 Å². The van der Waals surface area contributed by atoms with Gasteiger partial charge in [-0.15, -0.1) is 0 Å². The molecule has 3 aromatic rings. The fourth-order valence-corrected chi connectivity index (χ4v) is 2.97. The van der Waals surface area contributed by atoms with Crippen LogP contribution in [0.2, 0.25) is 10.0 Å².